The SMILES string of the molecule is CC(C)Oc1ccccc1N1CCN(Cc2cc(CN3CCCC3=O)no2)CC1. The fourth-order valence-corrected chi connectivity index (χ4v) is 4.01. The molecule has 7 heteroatoms. The zero-order chi connectivity index (χ0) is 20.2. The molecule has 0 N–H and O–H groups in total. The second-order valence-corrected chi connectivity index (χ2v) is 8.10. The van der Waals surface area contributed by atoms with E-state index in [1.54, 1.807) is 0 Å². The van der Waals surface area contributed by atoms with Crippen LogP contribution in [0.5, 0.6) is 5.75 Å². The summed E-state index contributed by atoms with van der Waals surface area (Å²) in [6.07, 6.45) is 1.76. The van der Waals surface area contributed by atoms with Crippen molar-refractivity contribution in [1.82, 2.24) is 15.0 Å². The third-order valence-electron chi connectivity index (χ3n) is 5.45. The highest BCUT2D eigenvalue weighted by Gasteiger charge is 2.23. The second kappa shape index (κ2) is 8.86. The first-order chi connectivity index (χ1) is 14.1. The van der Waals surface area contributed by atoms with Gasteiger partial charge in [-0.2, -0.15) is 0 Å². The maximum atomic E-state index is 11.8. The van der Waals surface area contributed by atoms with Crippen molar-refractivity contribution in [3.63, 3.8) is 0 Å². The standard InChI is InChI=1S/C22H30N4O3/c1-17(2)28-21-7-4-3-6-20(21)25-12-10-24(11-13-25)16-19-14-18(23-29-19)15-26-9-5-8-22(26)27/h3-4,6-7,14,17H,5,8-13,15-16H2,1-2H3. The van der Waals surface area contributed by atoms with Gasteiger partial charge >= 0.3 is 0 Å². The van der Waals surface area contributed by atoms with Crippen molar-refractivity contribution in [3.05, 3.63) is 41.8 Å². The predicted molar refractivity (Wildman–Crippen MR) is 111 cm³/mol. The molecule has 0 spiro atoms. The maximum absolute atomic E-state index is 11.8. The van der Waals surface area contributed by atoms with E-state index in [4.69, 9.17) is 9.26 Å². The number of ether oxygens (including phenoxy) is 1. The Morgan fingerprint density at radius 3 is 2.62 bits per heavy atom. The average molecular weight is 399 g/mol. The number of carbonyl (C=O) groups is 1. The summed E-state index contributed by atoms with van der Waals surface area (Å²) >= 11 is 0. The molecule has 2 fully saturated rings. The van der Waals surface area contributed by atoms with Crippen molar-refractivity contribution in [1.29, 1.82) is 0 Å². The molecule has 29 heavy (non-hydrogen) atoms. The lowest BCUT2D eigenvalue weighted by Gasteiger charge is -2.36. The van der Waals surface area contributed by atoms with Crippen LogP contribution in [0, 0.1) is 0 Å². The summed E-state index contributed by atoms with van der Waals surface area (Å²) in [5.41, 5.74) is 2.01. The van der Waals surface area contributed by atoms with Crippen LogP contribution in [-0.4, -0.2) is 59.7 Å². The van der Waals surface area contributed by atoms with Gasteiger partial charge in [0.1, 0.15) is 11.4 Å². The third kappa shape index (κ3) is 4.90. The van der Waals surface area contributed by atoms with Crippen molar-refractivity contribution in [2.75, 3.05) is 37.6 Å². The second-order valence-electron chi connectivity index (χ2n) is 8.10. The number of likely N-dealkylation sites (tertiary alicyclic amines) is 1. The van der Waals surface area contributed by atoms with Gasteiger partial charge in [0, 0.05) is 45.2 Å². The molecule has 0 saturated carbocycles. The van der Waals surface area contributed by atoms with Crippen LogP contribution in [0.25, 0.3) is 0 Å². The Balaban J connectivity index is 1.30. The zero-order valence-corrected chi connectivity index (χ0v) is 17.3. The maximum Gasteiger partial charge on any atom is 0.222 e. The van der Waals surface area contributed by atoms with Crippen LogP contribution in [0.3, 0.4) is 0 Å². The van der Waals surface area contributed by atoms with E-state index in [1.807, 2.05) is 23.1 Å². The molecule has 2 aliphatic heterocycles. The number of nitrogens with zero attached hydrogens (tertiary/aromatic N) is 4. The van der Waals surface area contributed by atoms with Crippen LogP contribution in [0.2, 0.25) is 0 Å². The summed E-state index contributed by atoms with van der Waals surface area (Å²) in [6, 6.07) is 10.3. The van der Waals surface area contributed by atoms with Gasteiger partial charge in [0.15, 0.2) is 5.76 Å². The molecule has 0 bridgehead atoms. The largest absolute Gasteiger partial charge is 0.489 e. The molecule has 1 aromatic carbocycles. The Morgan fingerprint density at radius 1 is 1.10 bits per heavy atom. The summed E-state index contributed by atoms with van der Waals surface area (Å²) in [5.74, 6) is 2.03. The first kappa shape index (κ1) is 19.8. The molecule has 7 nitrogen and oxygen atoms in total. The highest BCUT2D eigenvalue weighted by atomic mass is 16.5. The lowest BCUT2D eigenvalue weighted by molar-refractivity contribution is -0.128. The summed E-state index contributed by atoms with van der Waals surface area (Å²) in [6.45, 7) is 10.0. The van der Waals surface area contributed by atoms with Crippen LogP contribution in [0.4, 0.5) is 5.69 Å². The number of hydrogen-bond donors (Lipinski definition) is 0. The van der Waals surface area contributed by atoms with Gasteiger partial charge in [-0.05, 0) is 32.4 Å². The number of anilines is 1. The number of hydrogen-bond acceptors (Lipinski definition) is 6. The van der Waals surface area contributed by atoms with Crippen LogP contribution in [-0.2, 0) is 17.9 Å². The molecule has 2 aliphatic rings. The third-order valence-corrected chi connectivity index (χ3v) is 5.45. The van der Waals surface area contributed by atoms with Crippen LogP contribution < -0.4 is 9.64 Å². The molecular weight excluding hydrogens is 368 g/mol. The van der Waals surface area contributed by atoms with Gasteiger partial charge in [0.25, 0.3) is 0 Å². The van der Waals surface area contributed by atoms with Crippen molar-refractivity contribution in [2.24, 2.45) is 0 Å². The highest BCUT2D eigenvalue weighted by Crippen LogP contribution is 2.30. The number of amides is 1. The quantitative estimate of drug-likeness (QED) is 0.715. The van der Waals surface area contributed by atoms with Gasteiger partial charge < -0.3 is 19.1 Å². The minimum Gasteiger partial charge on any atom is -0.489 e. The predicted octanol–water partition coefficient (Wildman–Crippen LogP) is 2.91. The summed E-state index contributed by atoms with van der Waals surface area (Å²) in [4.78, 5) is 18.4. The summed E-state index contributed by atoms with van der Waals surface area (Å²) in [5, 5.41) is 4.16. The minimum absolute atomic E-state index is 0.161. The van der Waals surface area contributed by atoms with Crippen LogP contribution in [0.15, 0.2) is 34.9 Å². The number of para-hydroxylation sites is 2. The number of carbonyl (C=O) groups excluding carboxylic acids is 1. The van der Waals surface area contributed by atoms with Crippen molar-refractivity contribution in [2.45, 2.75) is 45.9 Å². The molecule has 4 rings (SSSR count). The molecule has 1 amide bonds. The molecule has 1 aromatic heterocycles. The van der Waals surface area contributed by atoms with Gasteiger partial charge in [-0.25, -0.2) is 0 Å². The van der Waals surface area contributed by atoms with E-state index in [9.17, 15) is 4.79 Å². The Kier molecular flexibility index (Phi) is 6.04. The van der Waals surface area contributed by atoms with E-state index in [1.165, 1.54) is 0 Å². The molecule has 0 atom stereocenters. The fourth-order valence-electron chi connectivity index (χ4n) is 4.01. The summed E-state index contributed by atoms with van der Waals surface area (Å²) < 4.78 is 11.5. The Morgan fingerprint density at radius 2 is 1.90 bits per heavy atom. The van der Waals surface area contributed by atoms with Gasteiger partial charge in [0.2, 0.25) is 5.91 Å². The number of piperazine rings is 1. The first-order valence-corrected chi connectivity index (χ1v) is 10.5. The highest BCUT2D eigenvalue weighted by molar-refractivity contribution is 5.77. The van der Waals surface area contributed by atoms with Crippen molar-refractivity contribution < 1.29 is 14.1 Å². The molecule has 2 saturated heterocycles. The molecule has 0 aliphatic carbocycles. The van der Waals surface area contributed by atoms with E-state index >= 15 is 0 Å². The van der Waals surface area contributed by atoms with E-state index in [0.29, 0.717) is 13.0 Å². The average Bonchev–Trinajstić information content (AvgIpc) is 3.32. The smallest absolute Gasteiger partial charge is 0.222 e. The Hall–Kier alpha value is -2.54. The van der Waals surface area contributed by atoms with Crippen LogP contribution >= 0.6 is 0 Å². The lowest BCUT2D eigenvalue weighted by atomic mass is 10.2. The molecule has 3 heterocycles. The molecule has 0 unspecified atom stereocenters. The number of benzene rings is 1. The number of aromatic nitrogens is 1. The Labute approximate surface area is 172 Å². The van der Waals surface area contributed by atoms with Gasteiger partial charge in [-0.15, -0.1) is 0 Å². The normalized spacial score (nSPS) is 18.1. The lowest BCUT2D eigenvalue weighted by Crippen LogP contribution is -2.46. The van der Waals surface area contributed by atoms with E-state index in [0.717, 1.165) is 68.6 Å². The minimum atomic E-state index is 0.161. The molecule has 2 aromatic rings. The van der Waals surface area contributed by atoms with Crippen LogP contribution in [0.1, 0.15) is 38.1 Å². The molecular formula is C22H30N4O3. The number of rotatable bonds is 7. The van der Waals surface area contributed by atoms with Gasteiger partial charge in [0.05, 0.1) is 24.9 Å². The first-order valence-electron chi connectivity index (χ1n) is 10.5. The van der Waals surface area contributed by atoms with Crippen molar-refractivity contribution in [3.8, 4) is 5.75 Å². The van der Waals surface area contributed by atoms with Crippen molar-refractivity contribution >= 4 is 11.6 Å². The van der Waals surface area contributed by atoms with E-state index < -0.39 is 0 Å². The molecule has 156 valence electrons. The summed E-state index contributed by atoms with van der Waals surface area (Å²) in [7, 11) is 0. The van der Waals surface area contributed by atoms with Gasteiger partial charge in [-0.1, -0.05) is 17.3 Å². The Bertz CT molecular complexity index is 827. The fraction of sp³-hybridized carbons (Fsp3) is 0.545. The zero-order valence-electron chi connectivity index (χ0n) is 17.3. The monoisotopic (exact) mass is 398 g/mol. The topological polar surface area (TPSA) is 62.1 Å². The van der Waals surface area contributed by atoms with Gasteiger partial charge in [-0.3, -0.25) is 9.69 Å². The van der Waals surface area contributed by atoms with E-state index in [2.05, 4.69) is 40.9 Å². The van der Waals surface area contributed by atoms with E-state index in [-0.39, 0.29) is 12.0 Å². The molecule has 0 radical (unpaired) electrons.